The number of hydrogen-bond donors (Lipinski definition) is 0. The Morgan fingerprint density at radius 2 is 1.50 bits per heavy atom. The van der Waals surface area contributed by atoms with Crippen molar-refractivity contribution in [3.8, 4) is 5.75 Å². The first-order valence-corrected chi connectivity index (χ1v) is 25.1. The predicted molar refractivity (Wildman–Crippen MR) is 216 cm³/mol. The molecule has 0 amide bonds. The van der Waals surface area contributed by atoms with E-state index in [2.05, 4.69) is 88.2 Å². The van der Waals surface area contributed by atoms with Crippen LogP contribution in [0, 0.1) is 17.8 Å². The summed E-state index contributed by atoms with van der Waals surface area (Å²) < 4.78 is 46.9. The Bertz CT molecular complexity index is 1280. The number of hydrogen-bond acceptors (Lipinski definition) is 9. The van der Waals surface area contributed by atoms with Crippen LogP contribution in [0.25, 0.3) is 0 Å². The highest BCUT2D eigenvalue weighted by molar-refractivity contribution is 6.74. The minimum absolute atomic E-state index is 0.0230. The largest absolute Gasteiger partial charge is 0.497 e. The van der Waals surface area contributed by atoms with Crippen molar-refractivity contribution >= 4 is 16.6 Å². The molecule has 2 fully saturated rings. The van der Waals surface area contributed by atoms with Crippen LogP contribution in [-0.4, -0.2) is 98.5 Å². The summed E-state index contributed by atoms with van der Waals surface area (Å²) >= 11 is 0. The van der Waals surface area contributed by atoms with Gasteiger partial charge in [0.05, 0.1) is 51.8 Å². The first-order chi connectivity index (χ1) is 23.8. The Morgan fingerprint density at radius 3 is 2.02 bits per heavy atom. The molecule has 3 rings (SSSR count). The lowest BCUT2D eigenvalue weighted by atomic mass is 9.77. The minimum atomic E-state index is -2.34. The molecule has 2 heterocycles. The lowest BCUT2D eigenvalue weighted by Crippen LogP contribution is -2.61. The third kappa shape index (κ3) is 11.2. The van der Waals surface area contributed by atoms with Gasteiger partial charge in [-0.1, -0.05) is 66.7 Å². The van der Waals surface area contributed by atoms with E-state index in [4.69, 9.17) is 37.4 Å². The van der Waals surface area contributed by atoms with Gasteiger partial charge in [0.25, 0.3) is 0 Å². The third-order valence-electron chi connectivity index (χ3n) is 12.2. The number of methoxy groups -OCH3 is 1. The average Bonchev–Trinajstić information content (AvgIpc) is 3.74. The molecule has 0 spiro atoms. The molecule has 300 valence electrons. The second-order valence-corrected chi connectivity index (χ2v) is 28.4. The molecule has 0 radical (unpaired) electrons. The lowest BCUT2D eigenvalue weighted by molar-refractivity contribution is -0.330. The molecule has 9 nitrogen and oxygen atoms in total. The lowest BCUT2D eigenvalue weighted by Gasteiger charge is -2.52. The van der Waals surface area contributed by atoms with Crippen LogP contribution in [0.4, 0.5) is 0 Å². The van der Waals surface area contributed by atoms with Crippen molar-refractivity contribution in [2.75, 3.05) is 41.0 Å². The summed E-state index contributed by atoms with van der Waals surface area (Å²) in [5, 5.41) is 1.85. The van der Waals surface area contributed by atoms with Gasteiger partial charge < -0.3 is 37.4 Å². The van der Waals surface area contributed by atoms with Crippen LogP contribution in [0.5, 0.6) is 5.75 Å². The number of nitrogens with zero attached hydrogens (tertiary/aromatic N) is 1. The van der Waals surface area contributed by atoms with Gasteiger partial charge in [-0.25, -0.2) is 0 Å². The van der Waals surface area contributed by atoms with E-state index in [0.717, 1.165) is 17.7 Å². The summed E-state index contributed by atoms with van der Waals surface area (Å²) in [6, 6.07) is 8.02. The molecule has 8 atom stereocenters. The molecule has 0 aromatic heterocycles. The first kappa shape index (κ1) is 45.3. The molecule has 0 aliphatic carbocycles. The second-order valence-electron chi connectivity index (χ2n) is 18.9. The van der Waals surface area contributed by atoms with Crippen molar-refractivity contribution in [3.63, 3.8) is 0 Å². The molecule has 2 aliphatic rings. The maximum absolute atomic E-state index is 7.60. The highest BCUT2D eigenvalue weighted by atomic mass is 28.4. The standard InChI is InChI=1S/C41H75NO8Si2/c1-19-32-34(24-25-42(12)44-14)47-40(9,10)48-35(32)33(28-46-51(15,16)38(3,4)5)37(50-52(17,18)39(6,7)8)41(11)36(49-41)29(2)26-45-27-30-20-22-31(43-13)23-21-30/h19-23,29,32-37H,1,24-28H2,2-18H3/t29-,32-,33-,34+,35+,36+,37-,41+/m0/s1. The maximum Gasteiger partial charge on any atom is 0.192 e. The molecule has 0 bridgehead atoms. The van der Waals surface area contributed by atoms with Crippen molar-refractivity contribution < 1.29 is 37.4 Å². The van der Waals surface area contributed by atoms with Crippen molar-refractivity contribution in [2.24, 2.45) is 17.8 Å². The van der Waals surface area contributed by atoms with E-state index >= 15 is 0 Å². The van der Waals surface area contributed by atoms with E-state index in [1.807, 2.05) is 56.3 Å². The molecule has 1 aromatic carbocycles. The Kier molecular flexibility index (Phi) is 15.1. The van der Waals surface area contributed by atoms with Gasteiger partial charge in [0.2, 0.25) is 0 Å². The average molecular weight is 766 g/mol. The number of hydroxylamine groups is 2. The number of ether oxygens (including phenoxy) is 5. The summed E-state index contributed by atoms with van der Waals surface area (Å²) in [5.41, 5.74) is 0.527. The van der Waals surface area contributed by atoms with Crippen molar-refractivity contribution in [2.45, 2.75) is 154 Å². The Labute approximate surface area is 319 Å². The Hall–Kier alpha value is -1.13. The van der Waals surface area contributed by atoms with Crippen molar-refractivity contribution in [1.29, 1.82) is 0 Å². The van der Waals surface area contributed by atoms with Crippen LogP contribution >= 0.6 is 0 Å². The molecule has 2 saturated heterocycles. The normalized spacial score (nSPS) is 27.3. The van der Waals surface area contributed by atoms with E-state index in [9.17, 15) is 0 Å². The molecular weight excluding hydrogens is 691 g/mol. The van der Waals surface area contributed by atoms with E-state index in [-0.39, 0.29) is 52.2 Å². The highest BCUT2D eigenvalue weighted by Crippen LogP contribution is 2.53. The topological polar surface area (TPSA) is 80.4 Å². The fourth-order valence-electron chi connectivity index (χ4n) is 6.72. The van der Waals surface area contributed by atoms with Crippen LogP contribution < -0.4 is 4.74 Å². The van der Waals surface area contributed by atoms with Gasteiger partial charge in [-0.2, -0.15) is 5.06 Å². The zero-order chi connectivity index (χ0) is 39.5. The molecule has 11 heteroatoms. The van der Waals surface area contributed by atoms with Gasteiger partial charge >= 0.3 is 0 Å². The smallest absolute Gasteiger partial charge is 0.192 e. The predicted octanol–water partition coefficient (Wildman–Crippen LogP) is 9.24. The van der Waals surface area contributed by atoms with Gasteiger partial charge in [-0.3, -0.25) is 0 Å². The quantitative estimate of drug-likeness (QED) is 0.0593. The van der Waals surface area contributed by atoms with Crippen LogP contribution in [0.2, 0.25) is 36.3 Å². The van der Waals surface area contributed by atoms with Gasteiger partial charge in [0.1, 0.15) is 11.4 Å². The monoisotopic (exact) mass is 766 g/mol. The van der Waals surface area contributed by atoms with E-state index in [1.54, 1.807) is 14.2 Å². The van der Waals surface area contributed by atoms with Crippen LogP contribution in [-0.2, 0) is 39.2 Å². The SMILES string of the molecule is C=C[C@@H]1[C@H]([C@H](CO[Si](C)(C)C(C)(C)C)[C@H](O[Si](C)(C)C(C)(C)C)[C@]2(C)O[C@@H]2[C@@H](C)COCc2ccc(OC)cc2)OC(C)(C)O[C@@H]1CCN(C)OC. The number of epoxide rings is 1. The van der Waals surface area contributed by atoms with Crippen molar-refractivity contribution in [1.82, 2.24) is 5.06 Å². The molecular formula is C41H75NO8Si2. The molecule has 2 aliphatic heterocycles. The first-order valence-electron chi connectivity index (χ1n) is 19.3. The van der Waals surface area contributed by atoms with Gasteiger partial charge in [0.15, 0.2) is 22.4 Å². The maximum atomic E-state index is 7.60. The zero-order valence-electron chi connectivity index (χ0n) is 35.9. The third-order valence-corrected chi connectivity index (χ3v) is 21.2. The molecule has 1 aromatic rings. The van der Waals surface area contributed by atoms with E-state index in [1.165, 1.54) is 0 Å². The Balaban J connectivity index is 2.04. The number of benzene rings is 1. The zero-order valence-corrected chi connectivity index (χ0v) is 37.9. The minimum Gasteiger partial charge on any atom is -0.497 e. The Morgan fingerprint density at radius 1 is 0.904 bits per heavy atom. The van der Waals surface area contributed by atoms with E-state index < -0.39 is 28.0 Å². The fraction of sp³-hybridized carbons (Fsp3) is 0.805. The number of rotatable bonds is 19. The van der Waals surface area contributed by atoms with Crippen LogP contribution in [0.1, 0.15) is 81.2 Å². The summed E-state index contributed by atoms with van der Waals surface area (Å²) in [6.45, 7) is 38.2. The summed E-state index contributed by atoms with van der Waals surface area (Å²) in [6.07, 6.45) is 1.98. The fourth-order valence-corrected chi connectivity index (χ4v) is 9.16. The second kappa shape index (κ2) is 17.3. The van der Waals surface area contributed by atoms with Gasteiger partial charge in [-0.05, 0) is 81.2 Å². The summed E-state index contributed by atoms with van der Waals surface area (Å²) in [5.74, 6) is -0.133. The van der Waals surface area contributed by atoms with Crippen LogP contribution in [0.15, 0.2) is 36.9 Å². The highest BCUT2D eigenvalue weighted by Gasteiger charge is 2.65. The van der Waals surface area contributed by atoms with Crippen LogP contribution in [0.3, 0.4) is 0 Å². The molecule has 0 unspecified atom stereocenters. The summed E-state index contributed by atoms with van der Waals surface area (Å²) in [7, 11) is 0.799. The molecule has 0 N–H and O–H groups in total. The van der Waals surface area contributed by atoms with E-state index in [0.29, 0.717) is 26.4 Å². The van der Waals surface area contributed by atoms with Gasteiger partial charge in [0, 0.05) is 38.0 Å². The van der Waals surface area contributed by atoms with Crippen molar-refractivity contribution in [3.05, 3.63) is 42.5 Å². The molecule has 52 heavy (non-hydrogen) atoms. The van der Waals surface area contributed by atoms with Gasteiger partial charge in [-0.15, -0.1) is 6.58 Å². The molecule has 0 saturated carbocycles. The summed E-state index contributed by atoms with van der Waals surface area (Å²) in [4.78, 5) is 5.48.